The molecule has 116 valence electrons. The van der Waals surface area contributed by atoms with E-state index < -0.39 is 0 Å². The van der Waals surface area contributed by atoms with Crippen LogP contribution in [0, 0.1) is 5.41 Å². The van der Waals surface area contributed by atoms with Gasteiger partial charge in [-0.3, -0.25) is 4.79 Å². The van der Waals surface area contributed by atoms with E-state index in [1.54, 1.807) is 0 Å². The number of amides is 1. The van der Waals surface area contributed by atoms with E-state index in [1.807, 2.05) is 6.92 Å². The van der Waals surface area contributed by atoms with E-state index in [-0.39, 0.29) is 17.4 Å². The molecule has 2 heterocycles. The van der Waals surface area contributed by atoms with Crippen molar-refractivity contribution in [1.82, 2.24) is 10.2 Å². The number of hydrogen-bond donors (Lipinski definition) is 1. The number of ether oxygens (including phenoxy) is 1. The Morgan fingerprint density at radius 3 is 2.40 bits per heavy atom. The zero-order chi connectivity index (χ0) is 14.4. The van der Waals surface area contributed by atoms with Crippen LogP contribution in [-0.2, 0) is 9.53 Å². The van der Waals surface area contributed by atoms with Gasteiger partial charge in [-0.25, -0.2) is 0 Å². The fourth-order valence-corrected chi connectivity index (χ4v) is 3.09. The van der Waals surface area contributed by atoms with Crippen molar-refractivity contribution in [1.29, 1.82) is 0 Å². The first-order valence-corrected chi connectivity index (χ1v) is 8.21. The Hall–Kier alpha value is -0.610. The van der Waals surface area contributed by atoms with Crippen LogP contribution in [0.3, 0.4) is 0 Å². The van der Waals surface area contributed by atoms with E-state index >= 15 is 0 Å². The van der Waals surface area contributed by atoms with E-state index in [1.165, 1.54) is 12.8 Å². The van der Waals surface area contributed by atoms with E-state index in [4.69, 9.17) is 4.74 Å². The molecule has 2 fully saturated rings. The number of carbonyl (C=O) groups excluding carboxylic acids is 1. The van der Waals surface area contributed by atoms with E-state index in [9.17, 15) is 4.79 Å². The second kappa shape index (κ2) is 7.41. The van der Waals surface area contributed by atoms with Crippen LogP contribution in [0.5, 0.6) is 0 Å². The summed E-state index contributed by atoms with van der Waals surface area (Å²) < 4.78 is 5.43. The average molecular weight is 282 g/mol. The molecule has 1 atom stereocenters. The molecule has 2 aliphatic rings. The van der Waals surface area contributed by atoms with Crippen LogP contribution < -0.4 is 5.32 Å². The van der Waals surface area contributed by atoms with Crippen LogP contribution in [0.4, 0.5) is 0 Å². The first-order valence-electron chi connectivity index (χ1n) is 8.21. The van der Waals surface area contributed by atoms with E-state index in [0.717, 1.165) is 58.5 Å². The van der Waals surface area contributed by atoms with Crippen LogP contribution in [-0.4, -0.2) is 49.7 Å². The highest BCUT2D eigenvalue weighted by Gasteiger charge is 2.29. The Balaban J connectivity index is 1.78. The Morgan fingerprint density at radius 2 is 1.80 bits per heavy atom. The lowest BCUT2D eigenvalue weighted by molar-refractivity contribution is -0.133. The molecule has 2 saturated heterocycles. The molecule has 0 spiro atoms. The first kappa shape index (κ1) is 15.8. The molecule has 0 aromatic carbocycles. The summed E-state index contributed by atoms with van der Waals surface area (Å²) >= 11 is 0. The second-order valence-electron chi connectivity index (χ2n) is 6.77. The topological polar surface area (TPSA) is 41.6 Å². The molecule has 2 rings (SSSR count). The van der Waals surface area contributed by atoms with Gasteiger partial charge in [0.2, 0.25) is 5.91 Å². The maximum Gasteiger partial charge on any atom is 0.239 e. The minimum absolute atomic E-state index is 0.0623. The van der Waals surface area contributed by atoms with E-state index in [0.29, 0.717) is 0 Å². The molecular formula is C16H30N2O2. The van der Waals surface area contributed by atoms with Crippen LogP contribution in [0.15, 0.2) is 0 Å². The standard InChI is InChI=1S/C16H30N2O2/c1-14(15(19)18-9-5-3-4-6-10-18)17-13-16(2)7-11-20-12-8-16/h14,17H,3-13H2,1-2H3. The maximum absolute atomic E-state index is 12.5. The highest BCUT2D eigenvalue weighted by atomic mass is 16.5. The number of rotatable bonds is 4. The van der Waals surface area contributed by atoms with Gasteiger partial charge in [-0.1, -0.05) is 19.8 Å². The summed E-state index contributed by atoms with van der Waals surface area (Å²) in [5, 5.41) is 3.46. The van der Waals surface area contributed by atoms with Crippen molar-refractivity contribution >= 4 is 5.91 Å². The molecule has 4 heteroatoms. The Kier molecular flexibility index (Phi) is 5.85. The van der Waals surface area contributed by atoms with Gasteiger partial charge in [0.1, 0.15) is 0 Å². The van der Waals surface area contributed by atoms with Crippen molar-refractivity contribution in [3.8, 4) is 0 Å². The lowest BCUT2D eigenvalue weighted by Crippen LogP contribution is -2.48. The predicted octanol–water partition coefficient (Wildman–Crippen LogP) is 2.18. The molecule has 0 aromatic rings. The molecule has 0 saturated carbocycles. The van der Waals surface area contributed by atoms with Gasteiger partial charge in [-0.05, 0) is 38.0 Å². The Labute approximate surface area is 123 Å². The Morgan fingerprint density at radius 1 is 1.20 bits per heavy atom. The summed E-state index contributed by atoms with van der Waals surface area (Å²) in [6, 6.07) is -0.0623. The molecule has 4 nitrogen and oxygen atoms in total. The molecule has 1 amide bonds. The van der Waals surface area contributed by atoms with Crippen LogP contribution in [0.25, 0.3) is 0 Å². The molecule has 1 N–H and O–H groups in total. The number of carbonyl (C=O) groups is 1. The maximum atomic E-state index is 12.5. The first-order chi connectivity index (χ1) is 9.61. The third kappa shape index (κ3) is 4.45. The van der Waals surface area contributed by atoms with Crippen molar-refractivity contribution in [3.05, 3.63) is 0 Å². The SMILES string of the molecule is CC(NCC1(C)CCOCC1)C(=O)N1CCCCCC1. The quantitative estimate of drug-likeness (QED) is 0.859. The fourth-order valence-electron chi connectivity index (χ4n) is 3.09. The summed E-state index contributed by atoms with van der Waals surface area (Å²) in [5.41, 5.74) is 0.283. The smallest absolute Gasteiger partial charge is 0.239 e. The molecular weight excluding hydrogens is 252 g/mol. The van der Waals surface area contributed by atoms with Crippen molar-refractivity contribution < 1.29 is 9.53 Å². The highest BCUT2D eigenvalue weighted by molar-refractivity contribution is 5.81. The summed E-state index contributed by atoms with van der Waals surface area (Å²) in [6.45, 7) is 8.81. The highest BCUT2D eigenvalue weighted by Crippen LogP contribution is 2.28. The minimum Gasteiger partial charge on any atom is -0.381 e. The molecule has 0 aliphatic carbocycles. The monoisotopic (exact) mass is 282 g/mol. The number of nitrogens with zero attached hydrogens (tertiary/aromatic N) is 1. The molecule has 0 aromatic heterocycles. The summed E-state index contributed by atoms with van der Waals surface area (Å²) in [6.07, 6.45) is 7.03. The van der Waals surface area contributed by atoms with Crippen LogP contribution >= 0.6 is 0 Å². The van der Waals surface area contributed by atoms with E-state index in [2.05, 4.69) is 17.1 Å². The summed E-state index contributed by atoms with van der Waals surface area (Å²) in [5.74, 6) is 0.280. The van der Waals surface area contributed by atoms with Crippen molar-refractivity contribution in [2.45, 2.75) is 58.4 Å². The van der Waals surface area contributed by atoms with Gasteiger partial charge in [-0.15, -0.1) is 0 Å². The molecule has 20 heavy (non-hydrogen) atoms. The zero-order valence-corrected chi connectivity index (χ0v) is 13.1. The Bertz CT molecular complexity index is 306. The van der Waals surface area contributed by atoms with Gasteiger partial charge in [0, 0.05) is 32.8 Å². The molecule has 1 unspecified atom stereocenters. The average Bonchev–Trinajstić information content (AvgIpc) is 2.74. The van der Waals surface area contributed by atoms with Crippen LogP contribution in [0.1, 0.15) is 52.4 Å². The lowest BCUT2D eigenvalue weighted by Gasteiger charge is -2.35. The molecule has 0 bridgehead atoms. The number of hydrogen-bond acceptors (Lipinski definition) is 3. The second-order valence-corrected chi connectivity index (χ2v) is 6.77. The number of nitrogens with one attached hydrogen (secondary N) is 1. The number of likely N-dealkylation sites (tertiary alicyclic amines) is 1. The van der Waals surface area contributed by atoms with Gasteiger partial charge in [0.25, 0.3) is 0 Å². The lowest BCUT2D eigenvalue weighted by atomic mass is 9.82. The predicted molar refractivity (Wildman–Crippen MR) is 80.7 cm³/mol. The summed E-state index contributed by atoms with van der Waals surface area (Å²) in [7, 11) is 0. The third-order valence-electron chi connectivity index (χ3n) is 4.82. The normalized spacial score (nSPS) is 25.0. The molecule has 0 radical (unpaired) electrons. The van der Waals surface area contributed by atoms with Crippen molar-refractivity contribution in [3.63, 3.8) is 0 Å². The molecule has 2 aliphatic heterocycles. The van der Waals surface area contributed by atoms with Gasteiger partial charge in [-0.2, -0.15) is 0 Å². The zero-order valence-electron chi connectivity index (χ0n) is 13.1. The van der Waals surface area contributed by atoms with Crippen molar-refractivity contribution in [2.24, 2.45) is 5.41 Å². The minimum atomic E-state index is -0.0623. The van der Waals surface area contributed by atoms with Crippen molar-refractivity contribution in [2.75, 3.05) is 32.8 Å². The van der Waals surface area contributed by atoms with Gasteiger partial charge in [0.15, 0.2) is 0 Å². The third-order valence-corrected chi connectivity index (χ3v) is 4.82. The fraction of sp³-hybridized carbons (Fsp3) is 0.938. The largest absolute Gasteiger partial charge is 0.381 e. The van der Waals surface area contributed by atoms with Gasteiger partial charge in [0.05, 0.1) is 6.04 Å². The van der Waals surface area contributed by atoms with Gasteiger partial charge >= 0.3 is 0 Å². The van der Waals surface area contributed by atoms with Crippen LogP contribution in [0.2, 0.25) is 0 Å². The van der Waals surface area contributed by atoms with Gasteiger partial charge < -0.3 is 15.0 Å². The summed E-state index contributed by atoms with van der Waals surface area (Å²) in [4.78, 5) is 14.5.